The second-order valence-electron chi connectivity index (χ2n) is 4.26. The Kier molecular flexibility index (Phi) is 6.05. The predicted molar refractivity (Wildman–Crippen MR) is 75.2 cm³/mol. The number of rotatable bonds is 7. The average molecular weight is 300 g/mol. The van der Waals surface area contributed by atoms with E-state index in [2.05, 4.69) is 10.3 Å². The number of hydrogen-bond donors (Lipinski definition) is 2. The number of carbonyl (C=O) groups excluding carboxylic acids is 1. The van der Waals surface area contributed by atoms with Crippen LogP contribution in [0, 0.1) is 0 Å². The number of carbonyl (C=O) groups is 1. The Labute approximate surface area is 119 Å². The van der Waals surface area contributed by atoms with Crippen LogP contribution in [0.4, 0.5) is 0 Å². The Morgan fingerprint density at radius 1 is 1.50 bits per heavy atom. The van der Waals surface area contributed by atoms with Crippen LogP contribution in [0.5, 0.6) is 0 Å². The van der Waals surface area contributed by atoms with Gasteiger partial charge in [-0.1, -0.05) is 6.92 Å². The average Bonchev–Trinajstić information content (AvgIpc) is 2.44. The molecule has 1 heterocycles. The SMILES string of the molecule is CCCNC(=O)CN(C)S(=O)(=O)c1cccnc1CN. The summed E-state index contributed by atoms with van der Waals surface area (Å²) in [6.07, 6.45) is 2.28. The monoisotopic (exact) mass is 300 g/mol. The highest BCUT2D eigenvalue weighted by Crippen LogP contribution is 2.16. The van der Waals surface area contributed by atoms with E-state index in [9.17, 15) is 13.2 Å². The first-order valence-corrected chi connectivity index (χ1v) is 7.74. The number of nitrogens with zero attached hydrogens (tertiary/aromatic N) is 2. The highest BCUT2D eigenvalue weighted by atomic mass is 32.2. The Morgan fingerprint density at radius 2 is 2.20 bits per heavy atom. The maximum absolute atomic E-state index is 12.4. The molecule has 0 aliphatic rings. The van der Waals surface area contributed by atoms with E-state index in [0.717, 1.165) is 10.7 Å². The van der Waals surface area contributed by atoms with Crippen LogP contribution in [0.25, 0.3) is 0 Å². The van der Waals surface area contributed by atoms with E-state index in [-0.39, 0.29) is 29.6 Å². The number of likely N-dealkylation sites (N-methyl/N-ethyl adjacent to an activating group) is 1. The van der Waals surface area contributed by atoms with Crippen LogP contribution in [-0.2, 0) is 21.4 Å². The van der Waals surface area contributed by atoms with Gasteiger partial charge in [0.1, 0.15) is 4.90 Å². The molecule has 0 saturated heterocycles. The van der Waals surface area contributed by atoms with Crippen LogP contribution in [0.15, 0.2) is 23.2 Å². The fourth-order valence-corrected chi connectivity index (χ4v) is 2.89. The van der Waals surface area contributed by atoms with Crippen LogP contribution >= 0.6 is 0 Å². The molecule has 112 valence electrons. The predicted octanol–water partition coefficient (Wildman–Crippen LogP) is -0.313. The quantitative estimate of drug-likeness (QED) is 0.718. The van der Waals surface area contributed by atoms with Crippen molar-refractivity contribution in [3.05, 3.63) is 24.0 Å². The second-order valence-corrected chi connectivity index (χ2v) is 6.28. The van der Waals surface area contributed by atoms with Gasteiger partial charge in [0.05, 0.1) is 12.2 Å². The summed E-state index contributed by atoms with van der Waals surface area (Å²) in [6, 6.07) is 2.96. The molecule has 0 radical (unpaired) electrons. The standard InChI is InChI=1S/C12H20N4O3S/c1-3-6-15-12(17)9-16(2)20(18,19)11-5-4-7-14-10(11)8-13/h4-5,7H,3,6,8-9,13H2,1-2H3,(H,15,17). The van der Waals surface area contributed by atoms with Crippen molar-refractivity contribution in [2.75, 3.05) is 20.1 Å². The highest BCUT2D eigenvalue weighted by Gasteiger charge is 2.25. The van der Waals surface area contributed by atoms with Crippen molar-refractivity contribution < 1.29 is 13.2 Å². The summed E-state index contributed by atoms with van der Waals surface area (Å²) in [5, 5.41) is 2.63. The van der Waals surface area contributed by atoms with Gasteiger partial charge in [-0.05, 0) is 18.6 Å². The summed E-state index contributed by atoms with van der Waals surface area (Å²) >= 11 is 0. The van der Waals surface area contributed by atoms with Gasteiger partial charge in [0, 0.05) is 26.3 Å². The van der Waals surface area contributed by atoms with Gasteiger partial charge in [-0.15, -0.1) is 0 Å². The molecule has 0 atom stereocenters. The Balaban J connectivity index is 2.90. The fraction of sp³-hybridized carbons (Fsp3) is 0.500. The Bertz CT molecular complexity index is 560. The van der Waals surface area contributed by atoms with E-state index in [0.29, 0.717) is 6.54 Å². The molecule has 0 aliphatic heterocycles. The molecule has 7 nitrogen and oxygen atoms in total. The van der Waals surface area contributed by atoms with E-state index < -0.39 is 10.0 Å². The lowest BCUT2D eigenvalue weighted by Crippen LogP contribution is -2.39. The number of nitrogens with one attached hydrogen (secondary N) is 1. The van der Waals surface area contributed by atoms with Gasteiger partial charge in [0.25, 0.3) is 0 Å². The number of pyridine rings is 1. The lowest BCUT2D eigenvalue weighted by Gasteiger charge is -2.18. The zero-order valence-corrected chi connectivity index (χ0v) is 12.5. The van der Waals surface area contributed by atoms with Crippen LogP contribution in [0.1, 0.15) is 19.0 Å². The van der Waals surface area contributed by atoms with E-state index >= 15 is 0 Å². The first-order chi connectivity index (χ1) is 9.43. The largest absolute Gasteiger partial charge is 0.355 e. The van der Waals surface area contributed by atoms with Crippen molar-refractivity contribution in [2.24, 2.45) is 5.73 Å². The topological polar surface area (TPSA) is 105 Å². The molecule has 0 fully saturated rings. The fourth-order valence-electron chi connectivity index (χ4n) is 1.59. The highest BCUT2D eigenvalue weighted by molar-refractivity contribution is 7.89. The van der Waals surface area contributed by atoms with Crippen molar-refractivity contribution >= 4 is 15.9 Å². The van der Waals surface area contributed by atoms with Gasteiger partial charge in [-0.25, -0.2) is 8.42 Å². The van der Waals surface area contributed by atoms with Gasteiger partial charge >= 0.3 is 0 Å². The van der Waals surface area contributed by atoms with Gasteiger partial charge in [-0.3, -0.25) is 9.78 Å². The van der Waals surface area contributed by atoms with Crippen LogP contribution in [0.3, 0.4) is 0 Å². The minimum Gasteiger partial charge on any atom is -0.355 e. The molecule has 1 rings (SSSR count). The third-order valence-corrected chi connectivity index (χ3v) is 4.55. The van der Waals surface area contributed by atoms with E-state index in [1.807, 2.05) is 6.92 Å². The summed E-state index contributed by atoms with van der Waals surface area (Å²) in [7, 11) is -2.42. The minimum absolute atomic E-state index is 0.0191. The Morgan fingerprint density at radius 3 is 2.80 bits per heavy atom. The lowest BCUT2D eigenvalue weighted by molar-refractivity contribution is -0.121. The molecule has 20 heavy (non-hydrogen) atoms. The third-order valence-electron chi connectivity index (χ3n) is 2.67. The van der Waals surface area contributed by atoms with Crippen molar-refractivity contribution in [3.63, 3.8) is 0 Å². The van der Waals surface area contributed by atoms with Gasteiger partial charge in [-0.2, -0.15) is 4.31 Å². The molecule has 1 aromatic heterocycles. The number of hydrogen-bond acceptors (Lipinski definition) is 5. The zero-order valence-electron chi connectivity index (χ0n) is 11.7. The molecule has 0 unspecified atom stereocenters. The van der Waals surface area contributed by atoms with Crippen molar-refractivity contribution in [1.29, 1.82) is 0 Å². The Hall–Kier alpha value is -1.51. The van der Waals surface area contributed by atoms with E-state index in [1.165, 1.54) is 25.4 Å². The van der Waals surface area contributed by atoms with Crippen LogP contribution < -0.4 is 11.1 Å². The summed E-state index contributed by atoms with van der Waals surface area (Å²) in [4.78, 5) is 15.6. The molecule has 0 saturated carbocycles. The molecule has 0 aliphatic carbocycles. The van der Waals surface area contributed by atoms with E-state index in [4.69, 9.17) is 5.73 Å². The number of sulfonamides is 1. The maximum atomic E-state index is 12.4. The summed E-state index contributed by atoms with van der Waals surface area (Å²) in [5.74, 6) is -0.337. The third kappa shape index (κ3) is 3.99. The van der Waals surface area contributed by atoms with Gasteiger partial charge < -0.3 is 11.1 Å². The number of nitrogens with two attached hydrogens (primary N) is 1. The van der Waals surface area contributed by atoms with Gasteiger partial charge in [0.15, 0.2) is 0 Å². The minimum atomic E-state index is -3.77. The molecule has 1 aromatic rings. The van der Waals surface area contributed by atoms with E-state index in [1.54, 1.807) is 0 Å². The second kappa shape index (κ2) is 7.32. The molecular formula is C12H20N4O3S. The smallest absolute Gasteiger partial charge is 0.245 e. The molecule has 0 bridgehead atoms. The van der Waals surface area contributed by atoms with Crippen LogP contribution in [-0.4, -0.2) is 43.8 Å². The molecule has 0 aromatic carbocycles. The molecule has 0 spiro atoms. The maximum Gasteiger partial charge on any atom is 0.245 e. The first-order valence-electron chi connectivity index (χ1n) is 6.30. The first kappa shape index (κ1) is 16.5. The lowest BCUT2D eigenvalue weighted by atomic mass is 10.3. The molecule has 8 heteroatoms. The molecular weight excluding hydrogens is 280 g/mol. The zero-order chi connectivity index (χ0) is 15.2. The number of aromatic nitrogens is 1. The molecule has 3 N–H and O–H groups in total. The van der Waals surface area contributed by atoms with Crippen molar-refractivity contribution in [3.8, 4) is 0 Å². The summed E-state index contributed by atoms with van der Waals surface area (Å²) in [6.45, 7) is 2.23. The summed E-state index contributed by atoms with van der Waals surface area (Å²) < 4.78 is 25.7. The number of amides is 1. The van der Waals surface area contributed by atoms with Gasteiger partial charge in [0.2, 0.25) is 15.9 Å². The van der Waals surface area contributed by atoms with Crippen molar-refractivity contribution in [2.45, 2.75) is 24.8 Å². The molecule has 1 amide bonds. The summed E-state index contributed by atoms with van der Waals surface area (Å²) in [5.41, 5.74) is 5.78. The van der Waals surface area contributed by atoms with Crippen molar-refractivity contribution in [1.82, 2.24) is 14.6 Å². The normalized spacial score (nSPS) is 11.6. The van der Waals surface area contributed by atoms with Crippen LogP contribution in [0.2, 0.25) is 0 Å².